The van der Waals surface area contributed by atoms with Gasteiger partial charge in [-0.15, -0.1) is 13.2 Å². The number of aryl methyl sites for hydroxylation is 1. The standard InChI is InChI=1S/C27H25F6NO5/c1-5-36-24(35)25(3,4)39-23-11-10-20(12-16(23)2)37-15-18-14-34-22(13-21(18)26(28,29)30)17-6-8-19(9-7-17)38-27(31,32)33/h6-14H,5,15H2,1-4H3. The molecule has 2 aromatic carbocycles. The fourth-order valence-electron chi connectivity index (χ4n) is 3.46. The molecule has 6 nitrogen and oxygen atoms in total. The lowest BCUT2D eigenvalue weighted by Gasteiger charge is -2.25. The number of carbonyl (C=O) groups excluding carboxylic acids is 1. The summed E-state index contributed by atoms with van der Waals surface area (Å²) in [7, 11) is 0. The predicted octanol–water partition coefficient (Wildman–Crippen LogP) is 7.27. The van der Waals surface area contributed by atoms with E-state index in [-0.39, 0.29) is 29.2 Å². The number of ether oxygens (including phenoxy) is 4. The van der Waals surface area contributed by atoms with Crippen molar-refractivity contribution in [2.45, 2.75) is 52.4 Å². The Morgan fingerprint density at radius 2 is 1.54 bits per heavy atom. The van der Waals surface area contributed by atoms with E-state index in [2.05, 4.69) is 9.72 Å². The molecule has 3 rings (SSSR count). The molecule has 0 aliphatic carbocycles. The number of nitrogens with zero attached hydrogens (tertiary/aromatic N) is 1. The third-order valence-corrected chi connectivity index (χ3v) is 5.35. The van der Waals surface area contributed by atoms with Gasteiger partial charge in [0.2, 0.25) is 0 Å². The number of benzene rings is 2. The van der Waals surface area contributed by atoms with E-state index < -0.39 is 42.0 Å². The van der Waals surface area contributed by atoms with Crippen LogP contribution >= 0.6 is 0 Å². The van der Waals surface area contributed by atoms with Crippen LogP contribution < -0.4 is 14.2 Å². The van der Waals surface area contributed by atoms with Gasteiger partial charge in [0, 0.05) is 17.3 Å². The van der Waals surface area contributed by atoms with Gasteiger partial charge in [0.15, 0.2) is 5.60 Å². The molecule has 0 aliphatic heterocycles. The van der Waals surface area contributed by atoms with E-state index in [9.17, 15) is 31.1 Å². The summed E-state index contributed by atoms with van der Waals surface area (Å²) in [5.41, 5.74) is -1.86. The van der Waals surface area contributed by atoms with Crippen molar-refractivity contribution in [3.05, 3.63) is 71.4 Å². The van der Waals surface area contributed by atoms with Gasteiger partial charge >= 0.3 is 18.5 Å². The highest BCUT2D eigenvalue weighted by molar-refractivity contribution is 5.79. The number of alkyl halides is 6. The van der Waals surface area contributed by atoms with Crippen molar-refractivity contribution >= 4 is 5.97 Å². The molecule has 0 unspecified atom stereocenters. The minimum Gasteiger partial charge on any atom is -0.489 e. The summed E-state index contributed by atoms with van der Waals surface area (Å²) in [5.74, 6) is -0.435. The Morgan fingerprint density at radius 1 is 0.897 bits per heavy atom. The molecule has 1 heterocycles. The molecule has 0 aliphatic rings. The summed E-state index contributed by atoms with van der Waals surface area (Å²) < 4.78 is 98.7. The summed E-state index contributed by atoms with van der Waals surface area (Å²) in [6, 6.07) is 9.70. The second-order valence-corrected chi connectivity index (χ2v) is 8.85. The molecule has 0 radical (unpaired) electrons. The van der Waals surface area contributed by atoms with Gasteiger partial charge in [-0.3, -0.25) is 4.98 Å². The van der Waals surface area contributed by atoms with Crippen molar-refractivity contribution in [1.82, 2.24) is 4.98 Å². The molecule has 0 saturated carbocycles. The molecule has 0 bridgehead atoms. The Bertz CT molecular complexity index is 1300. The minimum atomic E-state index is -4.89. The maximum Gasteiger partial charge on any atom is 0.573 e. The number of aromatic nitrogens is 1. The lowest BCUT2D eigenvalue weighted by atomic mass is 10.0. The number of halogens is 6. The monoisotopic (exact) mass is 557 g/mol. The first kappa shape index (κ1) is 29.6. The molecule has 210 valence electrons. The highest BCUT2D eigenvalue weighted by Gasteiger charge is 2.35. The zero-order valence-corrected chi connectivity index (χ0v) is 21.4. The second kappa shape index (κ2) is 11.4. The van der Waals surface area contributed by atoms with Crippen molar-refractivity contribution < 1.29 is 50.1 Å². The van der Waals surface area contributed by atoms with Crippen LogP contribution in [-0.4, -0.2) is 29.5 Å². The number of hydrogen-bond acceptors (Lipinski definition) is 6. The maximum atomic E-state index is 13.8. The lowest BCUT2D eigenvalue weighted by Crippen LogP contribution is -2.39. The smallest absolute Gasteiger partial charge is 0.489 e. The lowest BCUT2D eigenvalue weighted by molar-refractivity contribution is -0.274. The molecule has 12 heteroatoms. The Labute approximate surface area is 220 Å². The van der Waals surface area contributed by atoms with Crippen LogP contribution in [0.25, 0.3) is 11.3 Å². The molecule has 0 fully saturated rings. The van der Waals surface area contributed by atoms with Crippen LogP contribution in [0.1, 0.15) is 37.5 Å². The van der Waals surface area contributed by atoms with Crippen LogP contribution in [-0.2, 0) is 22.3 Å². The van der Waals surface area contributed by atoms with Crippen molar-refractivity contribution in [2.24, 2.45) is 0 Å². The van der Waals surface area contributed by atoms with Crippen LogP contribution in [0, 0.1) is 6.92 Å². The molecule has 0 N–H and O–H groups in total. The molecule has 0 saturated heterocycles. The molecule has 1 aromatic heterocycles. The van der Waals surface area contributed by atoms with E-state index in [4.69, 9.17) is 14.2 Å². The predicted molar refractivity (Wildman–Crippen MR) is 128 cm³/mol. The second-order valence-electron chi connectivity index (χ2n) is 8.85. The Kier molecular flexibility index (Phi) is 8.67. The number of pyridine rings is 1. The molecular weight excluding hydrogens is 532 g/mol. The fourth-order valence-corrected chi connectivity index (χ4v) is 3.46. The fraction of sp³-hybridized carbons (Fsp3) is 0.333. The van der Waals surface area contributed by atoms with Gasteiger partial charge < -0.3 is 18.9 Å². The zero-order chi connectivity index (χ0) is 29.0. The van der Waals surface area contributed by atoms with Crippen molar-refractivity contribution in [1.29, 1.82) is 0 Å². The molecule has 0 amide bonds. The normalized spacial score (nSPS) is 12.2. The van der Waals surface area contributed by atoms with Gasteiger partial charge in [-0.1, -0.05) is 0 Å². The Balaban J connectivity index is 1.77. The minimum absolute atomic E-state index is 0.0915. The third kappa shape index (κ3) is 8.01. The van der Waals surface area contributed by atoms with Gasteiger partial charge in [-0.25, -0.2) is 4.79 Å². The highest BCUT2D eigenvalue weighted by atomic mass is 19.4. The van der Waals surface area contributed by atoms with Crippen molar-refractivity contribution in [3.8, 4) is 28.5 Å². The summed E-state index contributed by atoms with van der Waals surface area (Å²) >= 11 is 0. The van der Waals surface area contributed by atoms with Gasteiger partial charge in [-0.2, -0.15) is 13.2 Å². The van der Waals surface area contributed by atoms with Gasteiger partial charge in [-0.05, 0) is 81.8 Å². The van der Waals surface area contributed by atoms with Crippen molar-refractivity contribution in [2.75, 3.05) is 6.61 Å². The molecular formula is C27H25F6NO5. The largest absolute Gasteiger partial charge is 0.573 e. The first-order valence-corrected chi connectivity index (χ1v) is 11.6. The summed E-state index contributed by atoms with van der Waals surface area (Å²) in [6.07, 6.45) is -8.64. The number of carbonyl (C=O) groups is 1. The number of hydrogen-bond donors (Lipinski definition) is 0. The first-order valence-electron chi connectivity index (χ1n) is 11.6. The Hall–Kier alpha value is -3.96. The zero-order valence-electron chi connectivity index (χ0n) is 21.4. The summed E-state index contributed by atoms with van der Waals surface area (Å²) in [6.45, 7) is 6.19. The van der Waals surface area contributed by atoms with Crippen LogP contribution in [0.2, 0.25) is 0 Å². The molecule has 0 atom stereocenters. The van der Waals surface area contributed by atoms with E-state index in [1.807, 2.05) is 0 Å². The van der Waals surface area contributed by atoms with Crippen LogP contribution in [0.15, 0.2) is 54.7 Å². The van der Waals surface area contributed by atoms with Crippen LogP contribution in [0.3, 0.4) is 0 Å². The number of rotatable bonds is 9. The topological polar surface area (TPSA) is 66.9 Å². The SMILES string of the molecule is CCOC(=O)C(C)(C)Oc1ccc(OCc2cnc(-c3ccc(OC(F)(F)F)cc3)cc2C(F)(F)F)cc1C. The Morgan fingerprint density at radius 3 is 2.10 bits per heavy atom. The summed E-state index contributed by atoms with van der Waals surface area (Å²) in [5, 5.41) is 0. The highest BCUT2D eigenvalue weighted by Crippen LogP contribution is 2.36. The molecule has 0 spiro atoms. The van der Waals surface area contributed by atoms with Crippen LogP contribution in [0.4, 0.5) is 26.3 Å². The van der Waals surface area contributed by atoms with Crippen LogP contribution in [0.5, 0.6) is 17.2 Å². The average molecular weight is 557 g/mol. The maximum absolute atomic E-state index is 13.8. The molecule has 39 heavy (non-hydrogen) atoms. The van der Waals surface area contributed by atoms with E-state index in [1.54, 1.807) is 33.8 Å². The molecule has 3 aromatic rings. The summed E-state index contributed by atoms with van der Waals surface area (Å²) in [4.78, 5) is 16.1. The van der Waals surface area contributed by atoms with Crippen molar-refractivity contribution in [3.63, 3.8) is 0 Å². The van der Waals surface area contributed by atoms with E-state index in [1.165, 1.54) is 24.3 Å². The van der Waals surface area contributed by atoms with Gasteiger partial charge in [0.1, 0.15) is 23.9 Å². The van der Waals surface area contributed by atoms with E-state index >= 15 is 0 Å². The third-order valence-electron chi connectivity index (χ3n) is 5.35. The first-order chi connectivity index (χ1) is 18.1. The quantitative estimate of drug-likeness (QED) is 0.204. The average Bonchev–Trinajstić information content (AvgIpc) is 2.83. The van der Waals surface area contributed by atoms with E-state index in [0.717, 1.165) is 24.4 Å². The van der Waals surface area contributed by atoms with Gasteiger partial charge in [0.05, 0.1) is 17.9 Å². The van der Waals surface area contributed by atoms with Gasteiger partial charge in [0.25, 0.3) is 0 Å². The number of esters is 1. The van der Waals surface area contributed by atoms with E-state index in [0.29, 0.717) is 11.3 Å².